The summed E-state index contributed by atoms with van der Waals surface area (Å²) >= 11 is 0. The van der Waals surface area contributed by atoms with Gasteiger partial charge in [-0.05, 0) is 12.0 Å². The normalized spacial score (nSPS) is 13.4. The fourth-order valence-electron chi connectivity index (χ4n) is 1.27. The Kier molecular flexibility index (Phi) is 6.28. The van der Waals surface area contributed by atoms with Crippen LogP contribution in [0.15, 0.2) is 30.3 Å². The topological polar surface area (TPSA) is 72.8 Å². The highest BCUT2D eigenvalue weighted by Gasteiger charge is 2.09. The zero-order valence-corrected chi connectivity index (χ0v) is 11.1. The number of aliphatic hydroxyl groups is 1. The van der Waals surface area contributed by atoms with E-state index in [1.54, 1.807) is 0 Å². The van der Waals surface area contributed by atoms with Crippen LogP contribution in [-0.2, 0) is 25.6 Å². The smallest absolute Gasteiger partial charge is 0.264 e. The molecule has 1 N–H and O–H groups in total. The lowest BCUT2D eigenvalue weighted by molar-refractivity contribution is 0.0513. The second kappa shape index (κ2) is 7.48. The Bertz CT molecular complexity index is 429. The molecule has 1 aromatic rings. The maximum atomic E-state index is 10.7. The zero-order chi connectivity index (χ0) is 13.4. The molecule has 0 spiro atoms. The van der Waals surface area contributed by atoms with Crippen LogP contribution in [0.25, 0.3) is 0 Å². The molecule has 1 atom stereocenters. The van der Waals surface area contributed by atoms with Gasteiger partial charge in [0.1, 0.15) is 0 Å². The van der Waals surface area contributed by atoms with Crippen LogP contribution >= 0.6 is 0 Å². The zero-order valence-electron chi connectivity index (χ0n) is 10.3. The number of aliphatic hydroxyl groups excluding tert-OH is 1. The third-order valence-corrected chi connectivity index (χ3v) is 2.75. The highest BCUT2D eigenvalue weighted by atomic mass is 32.2. The van der Waals surface area contributed by atoms with E-state index in [2.05, 4.69) is 4.18 Å². The van der Waals surface area contributed by atoms with Crippen LogP contribution in [0.4, 0.5) is 0 Å². The first-order valence-corrected chi connectivity index (χ1v) is 7.43. The average molecular weight is 274 g/mol. The third-order valence-electron chi connectivity index (χ3n) is 2.18. The Balaban J connectivity index is 2.11. The van der Waals surface area contributed by atoms with Gasteiger partial charge in [0.15, 0.2) is 0 Å². The summed E-state index contributed by atoms with van der Waals surface area (Å²) in [6, 6.07) is 9.67. The van der Waals surface area contributed by atoms with E-state index in [1.165, 1.54) is 0 Å². The van der Waals surface area contributed by atoms with Crippen LogP contribution in [0.1, 0.15) is 12.0 Å². The first-order chi connectivity index (χ1) is 8.47. The van der Waals surface area contributed by atoms with Gasteiger partial charge in [-0.25, -0.2) is 0 Å². The van der Waals surface area contributed by atoms with Crippen LogP contribution in [0.5, 0.6) is 0 Å². The van der Waals surface area contributed by atoms with Crippen molar-refractivity contribution in [2.45, 2.75) is 19.1 Å². The standard InChI is InChI=1S/C12H18O5S/c1-18(14,15)17-10-12(13)7-8-16-9-11-5-3-2-4-6-11/h2-6,12-13H,7-10H2,1H3. The van der Waals surface area contributed by atoms with Gasteiger partial charge in [-0.1, -0.05) is 30.3 Å². The minimum Gasteiger partial charge on any atom is -0.391 e. The van der Waals surface area contributed by atoms with Gasteiger partial charge in [0.05, 0.1) is 25.6 Å². The summed E-state index contributed by atoms with van der Waals surface area (Å²) in [4.78, 5) is 0. The van der Waals surface area contributed by atoms with Gasteiger partial charge in [0.25, 0.3) is 10.1 Å². The van der Waals surface area contributed by atoms with Gasteiger partial charge >= 0.3 is 0 Å². The number of benzene rings is 1. The van der Waals surface area contributed by atoms with Gasteiger partial charge in [-0.2, -0.15) is 8.42 Å². The molecule has 0 saturated carbocycles. The molecule has 1 rings (SSSR count). The van der Waals surface area contributed by atoms with Crippen molar-refractivity contribution in [2.24, 2.45) is 0 Å². The summed E-state index contributed by atoms with van der Waals surface area (Å²) in [6.07, 6.45) is 0.448. The van der Waals surface area contributed by atoms with Crippen molar-refractivity contribution >= 4 is 10.1 Å². The SMILES string of the molecule is CS(=O)(=O)OCC(O)CCOCc1ccccc1. The number of hydrogen-bond donors (Lipinski definition) is 1. The van der Waals surface area contributed by atoms with Gasteiger partial charge in [-0.3, -0.25) is 4.18 Å². The summed E-state index contributed by atoms with van der Waals surface area (Å²) in [7, 11) is -3.49. The maximum Gasteiger partial charge on any atom is 0.264 e. The van der Waals surface area contributed by atoms with Gasteiger partial charge < -0.3 is 9.84 Å². The van der Waals surface area contributed by atoms with Crippen molar-refractivity contribution in [2.75, 3.05) is 19.5 Å². The molecule has 18 heavy (non-hydrogen) atoms. The molecule has 102 valence electrons. The van der Waals surface area contributed by atoms with E-state index in [4.69, 9.17) is 4.74 Å². The van der Waals surface area contributed by atoms with Crippen molar-refractivity contribution in [1.29, 1.82) is 0 Å². The van der Waals surface area contributed by atoms with Crippen molar-refractivity contribution in [3.05, 3.63) is 35.9 Å². The van der Waals surface area contributed by atoms with Gasteiger partial charge in [-0.15, -0.1) is 0 Å². The predicted octanol–water partition coefficient (Wildman–Crippen LogP) is 0.930. The molecule has 6 heteroatoms. The van der Waals surface area contributed by atoms with Crippen LogP contribution in [0.3, 0.4) is 0 Å². The Hall–Kier alpha value is -0.950. The minimum atomic E-state index is -3.49. The fraction of sp³-hybridized carbons (Fsp3) is 0.500. The third kappa shape index (κ3) is 7.39. The summed E-state index contributed by atoms with van der Waals surface area (Å²) in [5, 5.41) is 9.44. The van der Waals surface area contributed by atoms with Crippen LogP contribution in [0.2, 0.25) is 0 Å². The van der Waals surface area contributed by atoms with Crippen molar-refractivity contribution < 1.29 is 22.4 Å². The van der Waals surface area contributed by atoms with E-state index in [9.17, 15) is 13.5 Å². The Labute approximate surface area is 107 Å². The second-order valence-electron chi connectivity index (χ2n) is 3.97. The molecule has 0 fully saturated rings. The molecule has 1 aromatic carbocycles. The second-order valence-corrected chi connectivity index (χ2v) is 5.61. The van der Waals surface area contributed by atoms with E-state index in [0.29, 0.717) is 19.6 Å². The molecule has 0 aromatic heterocycles. The minimum absolute atomic E-state index is 0.229. The number of rotatable bonds is 8. The molecule has 5 nitrogen and oxygen atoms in total. The van der Waals surface area contributed by atoms with Gasteiger partial charge in [0, 0.05) is 6.61 Å². The molecule has 0 aliphatic heterocycles. The Morgan fingerprint density at radius 3 is 2.56 bits per heavy atom. The summed E-state index contributed by atoms with van der Waals surface area (Å²) in [5.74, 6) is 0. The fourth-order valence-corrected chi connectivity index (χ4v) is 1.67. The molecule has 0 bridgehead atoms. The van der Waals surface area contributed by atoms with Crippen molar-refractivity contribution in [1.82, 2.24) is 0 Å². The first kappa shape index (κ1) is 15.1. The molecule has 1 unspecified atom stereocenters. The molecule has 0 aliphatic carbocycles. The molecule has 0 radical (unpaired) electrons. The lowest BCUT2D eigenvalue weighted by Crippen LogP contribution is -2.19. The Morgan fingerprint density at radius 1 is 1.28 bits per heavy atom. The van der Waals surface area contributed by atoms with E-state index in [1.807, 2.05) is 30.3 Å². The summed E-state index contributed by atoms with van der Waals surface area (Å²) in [5.41, 5.74) is 1.05. The number of ether oxygens (including phenoxy) is 1. The first-order valence-electron chi connectivity index (χ1n) is 5.61. The monoisotopic (exact) mass is 274 g/mol. The van der Waals surface area contributed by atoms with Crippen LogP contribution < -0.4 is 0 Å². The quantitative estimate of drug-likeness (QED) is 0.564. The highest BCUT2D eigenvalue weighted by Crippen LogP contribution is 2.02. The largest absolute Gasteiger partial charge is 0.391 e. The van der Waals surface area contributed by atoms with Crippen molar-refractivity contribution in [3.63, 3.8) is 0 Å². The summed E-state index contributed by atoms with van der Waals surface area (Å²) in [6.45, 7) is 0.594. The van der Waals surface area contributed by atoms with Gasteiger partial charge in [0.2, 0.25) is 0 Å². The predicted molar refractivity (Wildman–Crippen MR) is 67.5 cm³/mol. The molecule has 0 aliphatic rings. The number of hydrogen-bond acceptors (Lipinski definition) is 5. The lowest BCUT2D eigenvalue weighted by Gasteiger charge is -2.10. The van der Waals surface area contributed by atoms with Crippen LogP contribution in [0, 0.1) is 0 Å². The molecular formula is C12H18O5S. The average Bonchev–Trinajstić information content (AvgIpc) is 2.33. The van der Waals surface area contributed by atoms with E-state index < -0.39 is 16.2 Å². The molecular weight excluding hydrogens is 256 g/mol. The molecule has 0 amide bonds. The summed E-state index contributed by atoms with van der Waals surface area (Å²) < 4.78 is 31.2. The Morgan fingerprint density at radius 2 is 1.94 bits per heavy atom. The van der Waals surface area contributed by atoms with E-state index in [-0.39, 0.29) is 6.61 Å². The lowest BCUT2D eigenvalue weighted by atomic mass is 10.2. The highest BCUT2D eigenvalue weighted by molar-refractivity contribution is 7.85. The van der Waals surface area contributed by atoms with Crippen LogP contribution in [-0.4, -0.2) is 39.1 Å². The van der Waals surface area contributed by atoms with Crippen molar-refractivity contribution in [3.8, 4) is 0 Å². The van der Waals surface area contributed by atoms with E-state index in [0.717, 1.165) is 11.8 Å². The molecule has 0 heterocycles. The molecule has 0 saturated heterocycles. The maximum absolute atomic E-state index is 10.7. The van der Waals surface area contributed by atoms with E-state index >= 15 is 0 Å².